The fraction of sp³-hybridized carbons (Fsp3) is 0.455. The van der Waals surface area contributed by atoms with Crippen molar-refractivity contribution >= 4 is 24.0 Å². The van der Waals surface area contributed by atoms with E-state index in [0.717, 1.165) is 30.8 Å². The molecule has 2 aliphatic heterocycles. The van der Waals surface area contributed by atoms with Crippen LogP contribution in [-0.2, 0) is 10.2 Å². The average Bonchev–Trinajstić information content (AvgIpc) is 2.55. The number of nitrogens with zero attached hydrogens (tertiary/aromatic N) is 1. The summed E-state index contributed by atoms with van der Waals surface area (Å²) in [5.74, 6) is 0.100. The summed E-state index contributed by atoms with van der Waals surface area (Å²) < 4.78 is 0. The van der Waals surface area contributed by atoms with Crippen molar-refractivity contribution in [3.63, 3.8) is 0 Å². The van der Waals surface area contributed by atoms with E-state index in [-0.39, 0.29) is 18.3 Å². The van der Waals surface area contributed by atoms with E-state index in [4.69, 9.17) is 0 Å². The molecule has 0 saturated carbocycles. The Morgan fingerprint density at radius 1 is 1.44 bits per heavy atom. The molecule has 2 N–H and O–H groups in total. The summed E-state index contributed by atoms with van der Waals surface area (Å²) in [6, 6.07) is 3.78. The van der Waals surface area contributed by atoms with Crippen LogP contribution in [0.25, 0.3) is 0 Å². The van der Waals surface area contributed by atoms with Gasteiger partial charge >= 0.3 is 0 Å². The lowest BCUT2D eigenvalue weighted by Gasteiger charge is -2.30. The molecule has 86 valence electrons. The monoisotopic (exact) mass is 239 g/mol. The van der Waals surface area contributed by atoms with Gasteiger partial charge in [0.05, 0.1) is 11.4 Å². The van der Waals surface area contributed by atoms with Crippen molar-refractivity contribution in [3.05, 3.63) is 24.0 Å². The number of fused-ring (bicyclic) bond motifs is 2. The minimum absolute atomic E-state index is 0. The van der Waals surface area contributed by atoms with Crippen LogP contribution in [0.3, 0.4) is 0 Å². The van der Waals surface area contributed by atoms with Crippen molar-refractivity contribution in [2.24, 2.45) is 0 Å². The maximum atomic E-state index is 12.0. The number of pyridine rings is 1. The van der Waals surface area contributed by atoms with E-state index in [1.807, 2.05) is 12.1 Å². The third-order valence-electron chi connectivity index (χ3n) is 3.33. The lowest BCUT2D eigenvalue weighted by molar-refractivity contribution is -0.121. The molecule has 1 spiro atoms. The molecule has 4 nitrogen and oxygen atoms in total. The van der Waals surface area contributed by atoms with Crippen LogP contribution in [0, 0.1) is 0 Å². The Labute approximate surface area is 100 Å². The number of halogens is 1. The minimum atomic E-state index is -0.408. The first-order valence-electron chi connectivity index (χ1n) is 5.31. The number of aromatic nitrogens is 1. The second kappa shape index (κ2) is 4.03. The fourth-order valence-corrected chi connectivity index (χ4v) is 2.54. The first-order valence-corrected chi connectivity index (χ1v) is 5.31. The number of carbonyl (C=O) groups excluding carboxylic acids is 1. The first-order chi connectivity index (χ1) is 7.33. The highest BCUT2D eigenvalue weighted by Gasteiger charge is 2.48. The van der Waals surface area contributed by atoms with Crippen LogP contribution in [-0.4, -0.2) is 24.0 Å². The SMILES string of the molecule is Cl.O=C1Nc2cccnc2C12CCCNC2. The van der Waals surface area contributed by atoms with Crippen molar-refractivity contribution in [1.29, 1.82) is 0 Å². The predicted octanol–water partition coefficient (Wildman–Crippen LogP) is 1.08. The van der Waals surface area contributed by atoms with E-state index in [2.05, 4.69) is 15.6 Å². The van der Waals surface area contributed by atoms with Gasteiger partial charge in [0.2, 0.25) is 5.91 Å². The largest absolute Gasteiger partial charge is 0.324 e. The van der Waals surface area contributed by atoms with Gasteiger partial charge < -0.3 is 10.6 Å². The molecule has 1 unspecified atom stereocenters. The fourth-order valence-electron chi connectivity index (χ4n) is 2.54. The molecular weight excluding hydrogens is 226 g/mol. The summed E-state index contributed by atoms with van der Waals surface area (Å²) in [6.45, 7) is 1.71. The van der Waals surface area contributed by atoms with E-state index in [0.29, 0.717) is 6.54 Å². The molecule has 3 heterocycles. The zero-order valence-electron chi connectivity index (χ0n) is 8.82. The van der Waals surface area contributed by atoms with Crippen LogP contribution < -0.4 is 10.6 Å². The number of carbonyl (C=O) groups is 1. The van der Waals surface area contributed by atoms with Crippen LogP contribution in [0.4, 0.5) is 5.69 Å². The number of piperidine rings is 1. The molecular formula is C11H14ClN3O. The Hall–Kier alpha value is -1.13. The van der Waals surface area contributed by atoms with Crippen LogP contribution in [0.1, 0.15) is 18.5 Å². The van der Waals surface area contributed by atoms with Gasteiger partial charge in [-0.2, -0.15) is 0 Å². The van der Waals surface area contributed by atoms with Gasteiger partial charge in [-0.1, -0.05) is 0 Å². The molecule has 1 aromatic rings. The average molecular weight is 240 g/mol. The molecule has 0 aliphatic carbocycles. The lowest BCUT2D eigenvalue weighted by atomic mass is 9.78. The van der Waals surface area contributed by atoms with Crippen molar-refractivity contribution in [2.45, 2.75) is 18.3 Å². The molecule has 0 bridgehead atoms. The van der Waals surface area contributed by atoms with E-state index in [1.54, 1.807) is 6.20 Å². The maximum absolute atomic E-state index is 12.0. The van der Waals surface area contributed by atoms with Gasteiger partial charge in [-0.15, -0.1) is 12.4 Å². The maximum Gasteiger partial charge on any atom is 0.238 e. The smallest absolute Gasteiger partial charge is 0.238 e. The standard InChI is InChI=1S/C11H13N3O.ClH/c15-10-11(4-2-5-12-7-11)9-8(14-10)3-1-6-13-9;/h1,3,6,12H,2,4-5,7H2,(H,14,15);1H. The number of amides is 1. The van der Waals surface area contributed by atoms with Crippen LogP contribution in [0.15, 0.2) is 18.3 Å². The molecule has 0 aromatic carbocycles. The van der Waals surface area contributed by atoms with E-state index in [9.17, 15) is 4.79 Å². The molecule has 16 heavy (non-hydrogen) atoms. The molecule has 1 fully saturated rings. The van der Waals surface area contributed by atoms with Gasteiger partial charge in [0.1, 0.15) is 5.41 Å². The van der Waals surface area contributed by atoms with Crippen LogP contribution in [0.2, 0.25) is 0 Å². The van der Waals surface area contributed by atoms with Crippen molar-refractivity contribution in [1.82, 2.24) is 10.3 Å². The number of hydrogen-bond donors (Lipinski definition) is 2. The number of hydrogen-bond acceptors (Lipinski definition) is 3. The van der Waals surface area contributed by atoms with Crippen molar-refractivity contribution in [2.75, 3.05) is 18.4 Å². The van der Waals surface area contributed by atoms with Crippen molar-refractivity contribution in [3.8, 4) is 0 Å². The van der Waals surface area contributed by atoms with E-state index < -0.39 is 5.41 Å². The predicted molar refractivity (Wildman–Crippen MR) is 63.9 cm³/mol. The van der Waals surface area contributed by atoms with Gasteiger partial charge in [0.25, 0.3) is 0 Å². The highest BCUT2D eigenvalue weighted by Crippen LogP contribution is 2.40. The Morgan fingerprint density at radius 3 is 3.06 bits per heavy atom. The van der Waals surface area contributed by atoms with E-state index in [1.165, 1.54) is 0 Å². The summed E-state index contributed by atoms with van der Waals surface area (Å²) in [4.78, 5) is 16.4. The topological polar surface area (TPSA) is 54.0 Å². The molecule has 2 aliphatic rings. The summed E-state index contributed by atoms with van der Waals surface area (Å²) in [5, 5.41) is 6.20. The Balaban J connectivity index is 0.000000963. The molecule has 1 amide bonds. The van der Waals surface area contributed by atoms with Gasteiger partial charge in [0, 0.05) is 12.7 Å². The van der Waals surface area contributed by atoms with Crippen LogP contribution in [0.5, 0.6) is 0 Å². The summed E-state index contributed by atoms with van der Waals surface area (Å²) in [5.41, 5.74) is 1.39. The number of nitrogens with one attached hydrogen (secondary N) is 2. The number of anilines is 1. The van der Waals surface area contributed by atoms with Gasteiger partial charge in [-0.3, -0.25) is 9.78 Å². The molecule has 3 rings (SSSR count). The third-order valence-corrected chi connectivity index (χ3v) is 3.33. The molecule has 1 saturated heterocycles. The lowest BCUT2D eigenvalue weighted by Crippen LogP contribution is -2.48. The summed E-state index contributed by atoms with van der Waals surface area (Å²) >= 11 is 0. The molecule has 5 heteroatoms. The molecule has 1 aromatic heterocycles. The second-order valence-corrected chi connectivity index (χ2v) is 4.22. The highest BCUT2D eigenvalue weighted by molar-refractivity contribution is 6.05. The number of rotatable bonds is 0. The molecule has 0 radical (unpaired) electrons. The van der Waals surface area contributed by atoms with Gasteiger partial charge in [-0.25, -0.2) is 0 Å². The Morgan fingerprint density at radius 2 is 2.31 bits per heavy atom. The van der Waals surface area contributed by atoms with Gasteiger partial charge in [-0.05, 0) is 31.5 Å². The van der Waals surface area contributed by atoms with Crippen LogP contribution >= 0.6 is 12.4 Å². The minimum Gasteiger partial charge on any atom is -0.324 e. The normalized spacial score (nSPS) is 27.1. The summed E-state index contributed by atoms with van der Waals surface area (Å²) in [7, 11) is 0. The molecule has 1 atom stereocenters. The summed E-state index contributed by atoms with van der Waals surface area (Å²) in [6.07, 6.45) is 3.69. The zero-order chi connectivity index (χ0) is 10.3. The Kier molecular flexibility index (Phi) is 2.86. The zero-order valence-corrected chi connectivity index (χ0v) is 9.64. The highest BCUT2D eigenvalue weighted by atomic mass is 35.5. The quantitative estimate of drug-likeness (QED) is 0.712. The Bertz CT molecular complexity index is 415. The van der Waals surface area contributed by atoms with E-state index >= 15 is 0 Å². The first kappa shape index (κ1) is 11.4. The third kappa shape index (κ3) is 1.41. The van der Waals surface area contributed by atoms with Crippen molar-refractivity contribution < 1.29 is 4.79 Å². The van der Waals surface area contributed by atoms with Gasteiger partial charge in [0.15, 0.2) is 0 Å². The second-order valence-electron chi connectivity index (χ2n) is 4.22.